The number of carbonyl (C=O) groups is 1. The van der Waals surface area contributed by atoms with Crippen LogP contribution < -0.4 is 5.48 Å². The smallest absolute Gasteiger partial charge is 0.270 e. The van der Waals surface area contributed by atoms with Crippen LogP contribution in [0.1, 0.15) is 35.4 Å². The first kappa shape index (κ1) is 12.9. The number of benzene rings is 1. The van der Waals surface area contributed by atoms with Gasteiger partial charge in [-0.1, -0.05) is 42.6 Å². The second kappa shape index (κ2) is 5.49. The van der Waals surface area contributed by atoms with Gasteiger partial charge in [0.1, 0.15) is 4.88 Å². The van der Waals surface area contributed by atoms with Crippen molar-refractivity contribution in [2.75, 3.05) is 0 Å². The summed E-state index contributed by atoms with van der Waals surface area (Å²) in [7, 11) is 0. The average molecular weight is 296 g/mol. The van der Waals surface area contributed by atoms with Crippen LogP contribution in [0.25, 0.3) is 10.1 Å². The molecule has 5 heteroatoms. The zero-order valence-corrected chi connectivity index (χ0v) is 11.9. The first-order valence-corrected chi connectivity index (χ1v) is 7.58. The predicted octanol–water partition coefficient (Wildman–Crippen LogP) is 4.16. The lowest BCUT2D eigenvalue weighted by Crippen LogP contribution is -2.27. The number of nitrogens with one attached hydrogen (secondary N) is 1. The molecule has 1 aromatic heterocycles. The van der Waals surface area contributed by atoms with Crippen molar-refractivity contribution in [3.05, 3.63) is 34.2 Å². The number of hydrogen-bond acceptors (Lipinski definition) is 3. The van der Waals surface area contributed by atoms with Crippen molar-refractivity contribution < 1.29 is 9.63 Å². The van der Waals surface area contributed by atoms with Crippen LogP contribution >= 0.6 is 22.9 Å². The van der Waals surface area contributed by atoms with E-state index < -0.39 is 0 Å². The van der Waals surface area contributed by atoms with Gasteiger partial charge in [-0.05, 0) is 18.9 Å². The SMILES string of the molecule is O=C(NOC1CCCC1)c1sc2ccccc2c1Cl. The quantitative estimate of drug-likeness (QED) is 0.864. The molecule has 0 bridgehead atoms. The first-order valence-electron chi connectivity index (χ1n) is 6.39. The number of hydroxylamine groups is 1. The number of halogens is 1. The van der Waals surface area contributed by atoms with Gasteiger partial charge in [0.15, 0.2) is 0 Å². The Labute approximate surface area is 120 Å². The summed E-state index contributed by atoms with van der Waals surface area (Å²) in [5.74, 6) is -0.252. The van der Waals surface area contributed by atoms with Gasteiger partial charge >= 0.3 is 0 Å². The molecule has 1 aliphatic rings. The van der Waals surface area contributed by atoms with E-state index in [1.54, 1.807) is 0 Å². The molecule has 1 aromatic carbocycles. The van der Waals surface area contributed by atoms with Crippen LogP contribution in [0.3, 0.4) is 0 Å². The van der Waals surface area contributed by atoms with Gasteiger partial charge in [0.2, 0.25) is 0 Å². The minimum absolute atomic E-state index is 0.150. The van der Waals surface area contributed by atoms with Crippen molar-refractivity contribution in [2.24, 2.45) is 0 Å². The molecule has 1 heterocycles. The number of thiophene rings is 1. The molecule has 1 fully saturated rings. The van der Waals surface area contributed by atoms with E-state index in [4.69, 9.17) is 16.4 Å². The largest absolute Gasteiger partial charge is 0.286 e. The number of amides is 1. The molecule has 1 amide bonds. The third kappa shape index (κ3) is 2.61. The summed E-state index contributed by atoms with van der Waals surface area (Å²) in [5.41, 5.74) is 2.53. The summed E-state index contributed by atoms with van der Waals surface area (Å²) in [6.45, 7) is 0. The molecule has 0 saturated heterocycles. The zero-order chi connectivity index (χ0) is 13.2. The molecule has 0 unspecified atom stereocenters. The highest BCUT2D eigenvalue weighted by molar-refractivity contribution is 7.21. The Morgan fingerprint density at radius 1 is 1.32 bits per heavy atom. The fraction of sp³-hybridized carbons (Fsp3) is 0.357. The van der Waals surface area contributed by atoms with E-state index in [1.165, 1.54) is 24.2 Å². The number of hydrogen-bond donors (Lipinski definition) is 1. The summed E-state index contributed by atoms with van der Waals surface area (Å²) in [5, 5.41) is 1.42. The minimum atomic E-state index is -0.252. The van der Waals surface area contributed by atoms with Crippen LogP contribution in [-0.4, -0.2) is 12.0 Å². The highest BCUT2D eigenvalue weighted by atomic mass is 35.5. The second-order valence-electron chi connectivity index (χ2n) is 4.70. The molecular formula is C14H14ClNO2S. The van der Waals surface area contributed by atoms with Crippen LogP contribution in [0.2, 0.25) is 5.02 Å². The lowest BCUT2D eigenvalue weighted by Gasteiger charge is -2.10. The standard InChI is InChI=1S/C14H14ClNO2S/c15-12-10-7-3-4-8-11(10)19-13(12)14(17)16-18-9-5-1-2-6-9/h3-4,7-9H,1-2,5-6H2,(H,16,17). The maximum absolute atomic E-state index is 12.1. The molecule has 3 nitrogen and oxygen atoms in total. The second-order valence-corrected chi connectivity index (χ2v) is 6.13. The maximum atomic E-state index is 12.1. The third-order valence-corrected chi connectivity index (χ3v) is 5.04. The van der Waals surface area contributed by atoms with Gasteiger partial charge < -0.3 is 0 Å². The van der Waals surface area contributed by atoms with Gasteiger partial charge in [0.05, 0.1) is 11.1 Å². The Bertz CT molecular complexity index is 605. The summed E-state index contributed by atoms with van der Waals surface area (Å²) in [6.07, 6.45) is 4.52. The van der Waals surface area contributed by atoms with Crippen LogP contribution in [0.15, 0.2) is 24.3 Å². The predicted molar refractivity (Wildman–Crippen MR) is 77.6 cm³/mol. The topological polar surface area (TPSA) is 38.3 Å². The van der Waals surface area contributed by atoms with E-state index in [2.05, 4.69) is 5.48 Å². The van der Waals surface area contributed by atoms with Crippen LogP contribution in [0.4, 0.5) is 0 Å². The fourth-order valence-corrected chi connectivity index (χ4v) is 3.75. The van der Waals surface area contributed by atoms with Crippen LogP contribution in [-0.2, 0) is 4.84 Å². The summed E-state index contributed by atoms with van der Waals surface area (Å²) in [4.78, 5) is 18.0. The molecular weight excluding hydrogens is 282 g/mol. The summed E-state index contributed by atoms with van der Waals surface area (Å²) in [6, 6.07) is 7.73. The molecule has 1 saturated carbocycles. The summed E-state index contributed by atoms with van der Waals surface area (Å²) >= 11 is 7.63. The lowest BCUT2D eigenvalue weighted by atomic mass is 10.2. The average Bonchev–Trinajstić information content (AvgIpc) is 3.05. The van der Waals surface area contributed by atoms with Crippen molar-refractivity contribution in [2.45, 2.75) is 31.8 Å². The fourth-order valence-electron chi connectivity index (χ4n) is 2.35. The highest BCUT2D eigenvalue weighted by Crippen LogP contribution is 2.35. The Balaban J connectivity index is 1.75. The van der Waals surface area contributed by atoms with Gasteiger partial charge in [-0.25, -0.2) is 5.48 Å². The van der Waals surface area contributed by atoms with Gasteiger partial charge in [-0.2, -0.15) is 0 Å². The lowest BCUT2D eigenvalue weighted by molar-refractivity contribution is -0.0122. The molecule has 0 spiro atoms. The molecule has 0 atom stereocenters. The molecule has 0 radical (unpaired) electrons. The van der Waals surface area contributed by atoms with Crippen molar-refractivity contribution in [1.82, 2.24) is 5.48 Å². The number of fused-ring (bicyclic) bond motifs is 1. The molecule has 19 heavy (non-hydrogen) atoms. The van der Waals surface area contributed by atoms with Gasteiger partial charge in [0.25, 0.3) is 5.91 Å². The molecule has 100 valence electrons. The Kier molecular flexibility index (Phi) is 3.73. The molecule has 2 aromatic rings. The van der Waals surface area contributed by atoms with Crippen molar-refractivity contribution in [1.29, 1.82) is 0 Å². The minimum Gasteiger partial charge on any atom is -0.270 e. The highest BCUT2D eigenvalue weighted by Gasteiger charge is 2.20. The van der Waals surface area contributed by atoms with E-state index in [0.29, 0.717) is 9.90 Å². The van der Waals surface area contributed by atoms with Crippen molar-refractivity contribution >= 4 is 38.9 Å². The molecule has 0 aliphatic heterocycles. The van der Waals surface area contributed by atoms with E-state index in [0.717, 1.165) is 22.9 Å². The number of rotatable bonds is 3. The summed E-state index contributed by atoms with van der Waals surface area (Å²) < 4.78 is 1.01. The van der Waals surface area contributed by atoms with Crippen molar-refractivity contribution in [3.8, 4) is 0 Å². The number of carbonyl (C=O) groups excluding carboxylic acids is 1. The maximum Gasteiger partial charge on any atom is 0.286 e. The molecule has 1 N–H and O–H groups in total. The van der Waals surface area contributed by atoms with Gasteiger partial charge in [-0.15, -0.1) is 11.3 Å². The van der Waals surface area contributed by atoms with E-state index in [-0.39, 0.29) is 12.0 Å². The first-order chi connectivity index (χ1) is 9.25. The molecule has 1 aliphatic carbocycles. The zero-order valence-electron chi connectivity index (χ0n) is 10.3. The van der Waals surface area contributed by atoms with Gasteiger partial charge in [-0.3, -0.25) is 9.63 Å². The van der Waals surface area contributed by atoms with Crippen LogP contribution in [0.5, 0.6) is 0 Å². The Morgan fingerprint density at radius 3 is 2.79 bits per heavy atom. The Morgan fingerprint density at radius 2 is 2.05 bits per heavy atom. The third-order valence-electron chi connectivity index (χ3n) is 3.36. The van der Waals surface area contributed by atoms with E-state index in [1.807, 2.05) is 24.3 Å². The Hall–Kier alpha value is -1.10. The van der Waals surface area contributed by atoms with Crippen LogP contribution in [0, 0.1) is 0 Å². The normalized spacial score (nSPS) is 16.1. The monoisotopic (exact) mass is 295 g/mol. The van der Waals surface area contributed by atoms with Crippen molar-refractivity contribution in [3.63, 3.8) is 0 Å². The van der Waals surface area contributed by atoms with E-state index in [9.17, 15) is 4.79 Å². The van der Waals surface area contributed by atoms with Gasteiger partial charge in [0, 0.05) is 10.1 Å². The molecule has 3 rings (SSSR count). The van der Waals surface area contributed by atoms with E-state index >= 15 is 0 Å².